The van der Waals surface area contributed by atoms with Crippen molar-refractivity contribution < 1.29 is 9.72 Å². The maximum Gasteiger partial charge on any atom is 0.270 e. The van der Waals surface area contributed by atoms with Crippen LogP contribution in [0.5, 0.6) is 0 Å². The Morgan fingerprint density at radius 2 is 1.55 bits per heavy atom. The molecule has 0 spiro atoms. The van der Waals surface area contributed by atoms with Gasteiger partial charge in [-0.15, -0.1) is 0 Å². The molecule has 2 aliphatic heterocycles. The monoisotopic (exact) mass is 394 g/mol. The second kappa shape index (κ2) is 8.51. The summed E-state index contributed by atoms with van der Waals surface area (Å²) >= 11 is 0. The highest BCUT2D eigenvalue weighted by atomic mass is 16.6. The van der Waals surface area contributed by atoms with Gasteiger partial charge in [0.15, 0.2) is 0 Å². The summed E-state index contributed by atoms with van der Waals surface area (Å²) in [6.45, 7) is 4.33. The predicted octanol–water partition coefficient (Wildman–Crippen LogP) is 3.73. The van der Waals surface area contributed by atoms with E-state index >= 15 is 0 Å². The zero-order valence-electron chi connectivity index (χ0n) is 16.5. The minimum absolute atomic E-state index is 0.0620. The van der Waals surface area contributed by atoms with Gasteiger partial charge in [-0.2, -0.15) is 0 Å². The zero-order valence-corrected chi connectivity index (χ0v) is 16.5. The first kappa shape index (κ1) is 19.2. The van der Waals surface area contributed by atoms with Crippen LogP contribution in [0.4, 0.5) is 17.1 Å². The van der Waals surface area contributed by atoms with Crippen molar-refractivity contribution in [1.82, 2.24) is 5.32 Å². The molecule has 7 nitrogen and oxygen atoms in total. The largest absolute Gasteiger partial charge is 0.372 e. The molecule has 29 heavy (non-hydrogen) atoms. The lowest BCUT2D eigenvalue weighted by Gasteiger charge is -2.21. The fourth-order valence-corrected chi connectivity index (χ4v) is 4.13. The lowest BCUT2D eigenvalue weighted by Crippen LogP contribution is -2.27. The Morgan fingerprint density at radius 1 is 0.931 bits per heavy atom. The molecule has 4 rings (SSSR count). The standard InChI is InChI=1S/C22H26N4O3/c27-22(23-16-17-5-7-18(8-6-17)24-11-1-2-12-24)20-15-19(26(28)29)9-10-21(20)25-13-3-4-14-25/h5-10,15H,1-4,11-14,16H2,(H,23,27). The van der Waals surface area contributed by atoms with Gasteiger partial charge in [-0.05, 0) is 49.4 Å². The van der Waals surface area contributed by atoms with E-state index in [1.54, 1.807) is 6.07 Å². The Hall–Kier alpha value is -3.09. The number of carbonyl (C=O) groups excluding carboxylic acids is 1. The molecule has 2 saturated heterocycles. The highest BCUT2D eigenvalue weighted by molar-refractivity contribution is 6.00. The molecule has 152 valence electrons. The van der Waals surface area contributed by atoms with Crippen molar-refractivity contribution in [3.8, 4) is 0 Å². The molecule has 0 unspecified atom stereocenters. The first-order chi connectivity index (χ1) is 14.1. The molecule has 0 radical (unpaired) electrons. The van der Waals surface area contributed by atoms with E-state index in [4.69, 9.17) is 0 Å². The number of amides is 1. The minimum Gasteiger partial charge on any atom is -0.372 e. The van der Waals surface area contributed by atoms with Crippen LogP contribution in [0.25, 0.3) is 0 Å². The van der Waals surface area contributed by atoms with Crippen LogP contribution < -0.4 is 15.1 Å². The van der Waals surface area contributed by atoms with Gasteiger partial charge in [0.2, 0.25) is 0 Å². The van der Waals surface area contributed by atoms with Crippen molar-refractivity contribution in [3.63, 3.8) is 0 Å². The van der Waals surface area contributed by atoms with Crippen molar-refractivity contribution in [2.45, 2.75) is 32.2 Å². The van der Waals surface area contributed by atoms with E-state index in [9.17, 15) is 14.9 Å². The summed E-state index contributed by atoms with van der Waals surface area (Å²) in [7, 11) is 0. The predicted molar refractivity (Wildman–Crippen MR) is 114 cm³/mol. The third-order valence-electron chi connectivity index (χ3n) is 5.74. The van der Waals surface area contributed by atoms with Gasteiger partial charge in [-0.25, -0.2) is 0 Å². The second-order valence-electron chi connectivity index (χ2n) is 7.70. The Bertz CT molecular complexity index is 885. The number of nitrogens with one attached hydrogen (secondary N) is 1. The molecule has 0 aliphatic carbocycles. The fourth-order valence-electron chi connectivity index (χ4n) is 4.13. The number of rotatable bonds is 6. The Labute approximate surface area is 170 Å². The number of hydrogen-bond donors (Lipinski definition) is 1. The zero-order chi connectivity index (χ0) is 20.2. The van der Waals surface area contributed by atoms with Crippen LogP contribution in [0.2, 0.25) is 0 Å². The van der Waals surface area contributed by atoms with Crippen LogP contribution in [0, 0.1) is 10.1 Å². The van der Waals surface area contributed by atoms with E-state index in [0.717, 1.165) is 50.3 Å². The van der Waals surface area contributed by atoms with Crippen molar-refractivity contribution in [2.24, 2.45) is 0 Å². The molecule has 0 bridgehead atoms. The van der Waals surface area contributed by atoms with E-state index < -0.39 is 4.92 Å². The van der Waals surface area contributed by atoms with E-state index in [0.29, 0.717) is 12.1 Å². The topological polar surface area (TPSA) is 78.7 Å². The van der Waals surface area contributed by atoms with Gasteiger partial charge in [0.1, 0.15) is 0 Å². The van der Waals surface area contributed by atoms with Crippen molar-refractivity contribution in [3.05, 3.63) is 63.7 Å². The lowest BCUT2D eigenvalue weighted by atomic mass is 10.1. The summed E-state index contributed by atoms with van der Waals surface area (Å²) in [5.74, 6) is -0.279. The minimum atomic E-state index is -0.457. The van der Waals surface area contributed by atoms with Crippen molar-refractivity contribution in [2.75, 3.05) is 36.0 Å². The van der Waals surface area contributed by atoms with E-state index in [1.165, 1.54) is 30.7 Å². The molecule has 0 aromatic heterocycles. The number of nitro groups is 1. The summed E-state index contributed by atoms with van der Waals surface area (Å²) in [6.07, 6.45) is 4.61. The van der Waals surface area contributed by atoms with Gasteiger partial charge in [-0.1, -0.05) is 12.1 Å². The lowest BCUT2D eigenvalue weighted by molar-refractivity contribution is -0.384. The van der Waals surface area contributed by atoms with E-state index in [2.05, 4.69) is 27.2 Å². The smallest absolute Gasteiger partial charge is 0.270 e. The Morgan fingerprint density at radius 3 is 2.17 bits per heavy atom. The van der Waals surface area contributed by atoms with Gasteiger partial charge >= 0.3 is 0 Å². The molecule has 2 fully saturated rings. The maximum absolute atomic E-state index is 12.9. The summed E-state index contributed by atoms with van der Waals surface area (Å²) in [6, 6.07) is 12.8. The quantitative estimate of drug-likeness (QED) is 0.597. The summed E-state index contributed by atoms with van der Waals surface area (Å²) in [5.41, 5.74) is 3.31. The maximum atomic E-state index is 12.9. The first-order valence-corrected chi connectivity index (χ1v) is 10.3. The molecule has 2 aromatic rings. The van der Waals surface area contributed by atoms with Crippen LogP contribution in [-0.4, -0.2) is 37.0 Å². The van der Waals surface area contributed by atoms with E-state index in [-0.39, 0.29) is 11.6 Å². The number of anilines is 2. The average molecular weight is 394 g/mol. The van der Waals surface area contributed by atoms with Crippen molar-refractivity contribution >= 4 is 23.0 Å². The van der Waals surface area contributed by atoms with Crippen LogP contribution in [-0.2, 0) is 6.54 Å². The third-order valence-corrected chi connectivity index (χ3v) is 5.74. The van der Waals surface area contributed by atoms with Crippen LogP contribution in [0.1, 0.15) is 41.6 Å². The molecular formula is C22H26N4O3. The Kier molecular flexibility index (Phi) is 5.64. The number of benzene rings is 2. The van der Waals surface area contributed by atoms with Crippen LogP contribution in [0.15, 0.2) is 42.5 Å². The third kappa shape index (κ3) is 4.34. The highest BCUT2D eigenvalue weighted by Gasteiger charge is 2.22. The highest BCUT2D eigenvalue weighted by Crippen LogP contribution is 2.28. The summed E-state index contributed by atoms with van der Waals surface area (Å²) < 4.78 is 0. The fraction of sp³-hybridized carbons (Fsp3) is 0.409. The number of nitro benzene ring substituents is 1. The first-order valence-electron chi connectivity index (χ1n) is 10.3. The normalized spacial score (nSPS) is 16.3. The number of non-ortho nitro benzene ring substituents is 1. The summed E-state index contributed by atoms with van der Waals surface area (Å²) in [4.78, 5) is 28.1. The van der Waals surface area contributed by atoms with Crippen molar-refractivity contribution in [1.29, 1.82) is 0 Å². The molecule has 0 saturated carbocycles. The van der Waals surface area contributed by atoms with Crippen LogP contribution >= 0.6 is 0 Å². The Balaban J connectivity index is 1.47. The SMILES string of the molecule is O=C(NCc1ccc(N2CCCC2)cc1)c1cc([N+](=O)[O-])ccc1N1CCCC1. The van der Waals surface area contributed by atoms with Gasteiger partial charge < -0.3 is 15.1 Å². The molecule has 2 aliphatic rings. The molecule has 0 atom stereocenters. The van der Waals surface area contributed by atoms with Gasteiger partial charge in [-0.3, -0.25) is 14.9 Å². The van der Waals surface area contributed by atoms with E-state index in [1.807, 2.05) is 12.1 Å². The number of hydrogen-bond acceptors (Lipinski definition) is 5. The molecule has 2 aromatic carbocycles. The van der Waals surface area contributed by atoms with Gasteiger partial charge in [0.25, 0.3) is 11.6 Å². The molecular weight excluding hydrogens is 368 g/mol. The van der Waals surface area contributed by atoms with Crippen LogP contribution in [0.3, 0.4) is 0 Å². The molecule has 2 heterocycles. The number of nitrogens with zero attached hydrogens (tertiary/aromatic N) is 3. The summed E-state index contributed by atoms with van der Waals surface area (Å²) in [5, 5.41) is 14.1. The molecule has 1 amide bonds. The van der Waals surface area contributed by atoms with Gasteiger partial charge in [0.05, 0.1) is 16.2 Å². The number of carbonyl (C=O) groups is 1. The average Bonchev–Trinajstić information content (AvgIpc) is 3.46. The molecule has 7 heteroatoms. The second-order valence-corrected chi connectivity index (χ2v) is 7.70. The van der Waals surface area contributed by atoms with Gasteiger partial charge in [0, 0.05) is 50.5 Å². The molecule has 1 N–H and O–H groups in total.